The van der Waals surface area contributed by atoms with Gasteiger partial charge in [-0.25, -0.2) is 14.8 Å². The number of nitrogen functional groups attached to an aromatic ring is 1. The van der Waals surface area contributed by atoms with Crippen molar-refractivity contribution in [2.75, 3.05) is 21.7 Å². The van der Waals surface area contributed by atoms with Gasteiger partial charge < -0.3 is 21.1 Å². The number of aromatic nitrogens is 8. The normalized spacial score (nSPS) is 11.3. The molecule has 0 saturated heterocycles. The molecule has 0 saturated carbocycles. The predicted molar refractivity (Wildman–Crippen MR) is 192 cm³/mol. The molecule has 6 aromatic rings. The maximum Gasteiger partial charge on any atom is 0.412 e. The third-order valence-corrected chi connectivity index (χ3v) is 6.94. The van der Waals surface area contributed by atoms with Crippen LogP contribution in [0.1, 0.15) is 71.4 Å². The summed E-state index contributed by atoms with van der Waals surface area (Å²) in [5.41, 5.74) is 11.4. The van der Waals surface area contributed by atoms with Crippen LogP contribution in [0.3, 0.4) is 0 Å². The Morgan fingerprint density at radius 1 is 0.673 bits per heavy atom. The van der Waals surface area contributed by atoms with Crippen LogP contribution < -0.4 is 21.7 Å². The number of ether oxygens (including phenoxy) is 1. The number of hydrogen-bond acceptors (Lipinski definition) is 13. The van der Waals surface area contributed by atoms with Crippen molar-refractivity contribution in [1.82, 2.24) is 40.3 Å². The van der Waals surface area contributed by atoms with Crippen LogP contribution in [-0.2, 0) is 4.74 Å². The van der Waals surface area contributed by atoms with E-state index in [4.69, 9.17) is 10.5 Å². The molecule has 0 aliphatic carbocycles. The highest BCUT2D eigenvalue weighted by Gasteiger charge is 2.16. The number of amides is 1. The van der Waals surface area contributed by atoms with E-state index in [1.54, 1.807) is 36.9 Å². The van der Waals surface area contributed by atoms with E-state index in [2.05, 4.69) is 84.0 Å². The van der Waals surface area contributed by atoms with Gasteiger partial charge in [0.15, 0.2) is 11.6 Å². The number of anilines is 6. The first-order chi connectivity index (χ1) is 23.3. The quantitative estimate of drug-likeness (QED) is 0.132. The highest BCUT2D eigenvalue weighted by Crippen LogP contribution is 2.23. The van der Waals surface area contributed by atoms with E-state index in [0.717, 1.165) is 22.2 Å². The molecule has 0 spiro atoms. The van der Waals surface area contributed by atoms with Gasteiger partial charge >= 0.3 is 6.09 Å². The maximum absolute atomic E-state index is 12.0. The number of carbonyl (C=O) groups is 1. The van der Waals surface area contributed by atoms with Gasteiger partial charge in [-0.05, 0) is 92.3 Å². The number of nitrogens with two attached hydrogens (primary N) is 1. The average Bonchev–Trinajstić information content (AvgIpc) is 3.04. The van der Waals surface area contributed by atoms with Crippen LogP contribution in [0.15, 0.2) is 73.3 Å². The van der Waals surface area contributed by atoms with Gasteiger partial charge in [-0.1, -0.05) is 27.7 Å². The molecule has 14 nitrogen and oxygen atoms in total. The Morgan fingerprint density at radius 2 is 1.18 bits per heavy atom. The standard InChI is InChI=1S/C20H24N6O2.C15H16N6/c1-12(2)13-8-18(26-22-10-13)25-17-7-6-15-16(24-17)9-14(11-21-15)23-19(27)28-20(3,4)5;1-9(2)10-5-15(21-18-7-10)20-14-4-3-12-13(19-14)6-11(16)8-17-12/h6-12H,1-5H3,(H,23,27)(H,24,25,26);3-9H,16H2,1-2H3,(H,19,20,21). The number of pyridine rings is 4. The number of fused-ring (bicyclic) bond motifs is 2. The summed E-state index contributed by atoms with van der Waals surface area (Å²) in [6.07, 6.45) is 6.17. The molecule has 49 heavy (non-hydrogen) atoms. The minimum Gasteiger partial charge on any atom is -0.444 e. The Balaban J connectivity index is 0.000000199. The fourth-order valence-corrected chi connectivity index (χ4v) is 4.44. The molecule has 0 atom stereocenters. The molecule has 0 aliphatic heterocycles. The van der Waals surface area contributed by atoms with Crippen molar-refractivity contribution in [2.24, 2.45) is 0 Å². The number of nitrogens with zero attached hydrogens (tertiary/aromatic N) is 8. The summed E-state index contributed by atoms with van der Waals surface area (Å²) in [7, 11) is 0. The number of hydrogen-bond donors (Lipinski definition) is 4. The molecule has 1 amide bonds. The average molecular weight is 661 g/mol. The molecule has 0 bridgehead atoms. The first-order valence-electron chi connectivity index (χ1n) is 15.8. The third-order valence-electron chi connectivity index (χ3n) is 6.94. The molecule has 6 heterocycles. The van der Waals surface area contributed by atoms with E-state index in [1.807, 2.05) is 57.2 Å². The minimum absolute atomic E-state index is 0.353. The minimum atomic E-state index is -0.574. The number of carbonyl (C=O) groups excluding carboxylic acids is 1. The lowest BCUT2D eigenvalue weighted by Crippen LogP contribution is -2.27. The van der Waals surface area contributed by atoms with Gasteiger partial charge in [-0.3, -0.25) is 15.3 Å². The van der Waals surface area contributed by atoms with Crippen LogP contribution in [0.25, 0.3) is 22.1 Å². The highest BCUT2D eigenvalue weighted by molar-refractivity contribution is 5.88. The van der Waals surface area contributed by atoms with Gasteiger partial charge in [0.1, 0.15) is 17.2 Å². The summed E-state index contributed by atoms with van der Waals surface area (Å²) in [6, 6.07) is 14.9. The molecule has 14 heteroatoms. The predicted octanol–water partition coefficient (Wildman–Crippen LogP) is 7.50. The molecule has 0 aliphatic rings. The van der Waals surface area contributed by atoms with Gasteiger partial charge in [0.2, 0.25) is 0 Å². The first-order valence-corrected chi connectivity index (χ1v) is 15.8. The van der Waals surface area contributed by atoms with Crippen molar-refractivity contribution in [2.45, 2.75) is 65.9 Å². The number of rotatable bonds is 7. The summed E-state index contributed by atoms with van der Waals surface area (Å²) in [5.74, 6) is 3.34. The molecule has 6 aromatic heterocycles. The zero-order chi connectivity index (χ0) is 35.1. The van der Waals surface area contributed by atoms with Crippen molar-refractivity contribution in [1.29, 1.82) is 0 Å². The molecule has 0 unspecified atom stereocenters. The third kappa shape index (κ3) is 9.73. The van der Waals surface area contributed by atoms with Crippen LogP contribution >= 0.6 is 0 Å². The van der Waals surface area contributed by atoms with Crippen LogP contribution in [0, 0.1) is 0 Å². The van der Waals surface area contributed by atoms with E-state index in [0.29, 0.717) is 57.5 Å². The second-order valence-electron chi connectivity index (χ2n) is 12.9. The maximum atomic E-state index is 12.0. The van der Waals surface area contributed by atoms with E-state index >= 15 is 0 Å². The molecule has 252 valence electrons. The Kier molecular flexibility index (Phi) is 10.4. The molecular weight excluding hydrogens is 620 g/mol. The van der Waals surface area contributed by atoms with E-state index in [9.17, 15) is 4.79 Å². The van der Waals surface area contributed by atoms with Crippen LogP contribution in [0.5, 0.6) is 0 Å². The molecular formula is C35H40N12O2. The van der Waals surface area contributed by atoms with Crippen LogP contribution in [-0.4, -0.2) is 52.0 Å². The van der Waals surface area contributed by atoms with E-state index in [-0.39, 0.29) is 0 Å². The topological polar surface area (TPSA) is 192 Å². The van der Waals surface area contributed by atoms with E-state index in [1.165, 1.54) is 0 Å². The summed E-state index contributed by atoms with van der Waals surface area (Å²) >= 11 is 0. The SMILES string of the molecule is CC(C)c1cnnc(Nc2ccc3ncc(N)cc3n2)c1.CC(C)c1cnnc(Nc2ccc3ncc(NC(=O)OC(C)(C)C)cc3n2)c1. The second-order valence-corrected chi connectivity index (χ2v) is 12.9. The monoisotopic (exact) mass is 660 g/mol. The molecule has 0 radical (unpaired) electrons. The Morgan fingerprint density at radius 3 is 1.69 bits per heavy atom. The van der Waals surface area contributed by atoms with Crippen LogP contribution in [0.2, 0.25) is 0 Å². The zero-order valence-electron chi connectivity index (χ0n) is 28.6. The first kappa shape index (κ1) is 34.3. The Hall–Kier alpha value is -6.05. The van der Waals surface area contributed by atoms with Gasteiger partial charge in [-0.15, -0.1) is 10.2 Å². The van der Waals surface area contributed by atoms with Crippen LogP contribution in [0.4, 0.5) is 39.4 Å². The van der Waals surface area contributed by atoms with Crippen molar-refractivity contribution in [3.63, 3.8) is 0 Å². The molecule has 6 rings (SSSR count). The second kappa shape index (κ2) is 14.8. The summed E-state index contributed by atoms with van der Waals surface area (Å²) < 4.78 is 5.26. The van der Waals surface area contributed by atoms with Gasteiger partial charge in [0.25, 0.3) is 0 Å². The highest BCUT2D eigenvalue weighted by atomic mass is 16.6. The fraction of sp³-hybridized carbons (Fsp3) is 0.286. The lowest BCUT2D eigenvalue weighted by atomic mass is 10.1. The lowest BCUT2D eigenvalue weighted by Gasteiger charge is -2.19. The van der Waals surface area contributed by atoms with Gasteiger partial charge in [0, 0.05) is 0 Å². The Labute approximate surface area is 284 Å². The fourth-order valence-electron chi connectivity index (χ4n) is 4.44. The van der Waals surface area contributed by atoms with Crippen molar-refractivity contribution in [3.05, 3.63) is 84.4 Å². The van der Waals surface area contributed by atoms with Crippen molar-refractivity contribution >= 4 is 62.8 Å². The van der Waals surface area contributed by atoms with Gasteiger partial charge in [-0.2, -0.15) is 10.2 Å². The lowest BCUT2D eigenvalue weighted by molar-refractivity contribution is 0.0636. The van der Waals surface area contributed by atoms with E-state index < -0.39 is 11.7 Å². The van der Waals surface area contributed by atoms with Crippen molar-refractivity contribution < 1.29 is 9.53 Å². The Bertz CT molecular complexity index is 2080. The number of nitrogens with one attached hydrogen (secondary N) is 3. The summed E-state index contributed by atoms with van der Waals surface area (Å²) in [5, 5.41) is 25.2. The largest absolute Gasteiger partial charge is 0.444 e. The molecule has 0 aromatic carbocycles. The molecule has 5 N–H and O–H groups in total. The van der Waals surface area contributed by atoms with Crippen molar-refractivity contribution in [3.8, 4) is 0 Å². The summed E-state index contributed by atoms with van der Waals surface area (Å²) in [6.45, 7) is 13.8. The van der Waals surface area contributed by atoms with Gasteiger partial charge in [0.05, 0.1) is 58.2 Å². The smallest absolute Gasteiger partial charge is 0.412 e. The zero-order valence-corrected chi connectivity index (χ0v) is 28.6. The molecule has 0 fully saturated rings. The summed E-state index contributed by atoms with van der Waals surface area (Å²) in [4.78, 5) is 29.5.